The number of sulfone groups is 1. The molecule has 2 aromatic carbocycles. The van der Waals surface area contributed by atoms with Gasteiger partial charge in [-0.25, -0.2) is 8.42 Å². The van der Waals surface area contributed by atoms with Gasteiger partial charge >= 0.3 is 0 Å². The number of nitrogens with zero attached hydrogens (tertiary/aromatic N) is 1. The predicted molar refractivity (Wildman–Crippen MR) is 105 cm³/mol. The topological polar surface area (TPSA) is 67.9 Å². The summed E-state index contributed by atoms with van der Waals surface area (Å²) in [4.78, 5) is 2.69. The van der Waals surface area contributed by atoms with Crippen LogP contribution < -0.4 is 14.8 Å². The highest BCUT2D eigenvalue weighted by atomic mass is 32.2. The van der Waals surface area contributed by atoms with Gasteiger partial charge in [0.1, 0.15) is 18.1 Å². The molecule has 1 N–H and O–H groups in total. The van der Waals surface area contributed by atoms with Crippen LogP contribution in [0.3, 0.4) is 0 Å². The Labute approximate surface area is 161 Å². The Morgan fingerprint density at radius 3 is 2.59 bits per heavy atom. The second kappa shape index (κ2) is 8.73. The van der Waals surface area contributed by atoms with E-state index in [2.05, 4.69) is 16.3 Å². The number of ether oxygens (including phenoxy) is 2. The molecule has 0 aromatic heterocycles. The Bertz CT molecular complexity index is 853. The molecule has 1 heterocycles. The first-order chi connectivity index (χ1) is 13.0. The van der Waals surface area contributed by atoms with Crippen LogP contribution in [0.25, 0.3) is 0 Å². The first kappa shape index (κ1) is 19.7. The summed E-state index contributed by atoms with van der Waals surface area (Å²) in [7, 11) is -1.49. The van der Waals surface area contributed by atoms with Gasteiger partial charge in [-0.05, 0) is 30.3 Å². The van der Waals surface area contributed by atoms with Gasteiger partial charge in [0.15, 0.2) is 9.84 Å². The maximum atomic E-state index is 11.5. The molecule has 0 amide bonds. The summed E-state index contributed by atoms with van der Waals surface area (Å²) in [5.74, 6) is 1.57. The minimum Gasteiger partial charge on any atom is -0.496 e. The van der Waals surface area contributed by atoms with Gasteiger partial charge in [-0.1, -0.05) is 18.2 Å². The van der Waals surface area contributed by atoms with Crippen molar-refractivity contribution in [3.8, 4) is 11.5 Å². The van der Waals surface area contributed by atoms with Gasteiger partial charge in [0, 0.05) is 38.0 Å². The third-order valence-corrected chi connectivity index (χ3v) is 5.88. The minimum absolute atomic E-state index is 0.228. The molecule has 0 spiro atoms. The zero-order valence-electron chi connectivity index (χ0n) is 15.7. The van der Waals surface area contributed by atoms with Crippen molar-refractivity contribution in [2.45, 2.75) is 10.9 Å². The summed E-state index contributed by atoms with van der Waals surface area (Å²) in [6.07, 6.45) is 1.20. The van der Waals surface area contributed by atoms with Crippen LogP contribution in [-0.2, 0) is 9.84 Å². The zero-order valence-corrected chi connectivity index (χ0v) is 16.5. The van der Waals surface area contributed by atoms with E-state index in [9.17, 15) is 8.42 Å². The molecule has 1 saturated heterocycles. The van der Waals surface area contributed by atoms with E-state index in [-0.39, 0.29) is 6.04 Å². The molecular weight excluding hydrogens is 364 g/mol. The molecule has 0 saturated carbocycles. The lowest BCUT2D eigenvalue weighted by Gasteiger charge is -2.36. The summed E-state index contributed by atoms with van der Waals surface area (Å²) < 4.78 is 34.4. The van der Waals surface area contributed by atoms with Crippen molar-refractivity contribution in [1.29, 1.82) is 0 Å². The van der Waals surface area contributed by atoms with E-state index in [1.54, 1.807) is 31.4 Å². The molecule has 1 atom stereocenters. The molecule has 0 bridgehead atoms. The van der Waals surface area contributed by atoms with Crippen LogP contribution >= 0.6 is 0 Å². The molecule has 6 nitrogen and oxygen atoms in total. The fourth-order valence-corrected chi connectivity index (χ4v) is 3.96. The van der Waals surface area contributed by atoms with Crippen LogP contribution in [0.2, 0.25) is 0 Å². The lowest BCUT2D eigenvalue weighted by molar-refractivity contribution is 0.132. The second-order valence-corrected chi connectivity index (χ2v) is 8.61. The third-order valence-electron chi connectivity index (χ3n) is 4.75. The average molecular weight is 391 g/mol. The average Bonchev–Trinajstić information content (AvgIpc) is 2.68. The van der Waals surface area contributed by atoms with E-state index in [1.807, 2.05) is 18.2 Å². The van der Waals surface area contributed by atoms with E-state index < -0.39 is 9.84 Å². The number of hydrogen-bond acceptors (Lipinski definition) is 6. The SMILES string of the molecule is COc1ccccc1C1CNCCN1CCOc1ccc(S(C)(=O)=O)cc1. The summed E-state index contributed by atoms with van der Waals surface area (Å²) in [6.45, 7) is 4.04. The van der Waals surface area contributed by atoms with Crippen molar-refractivity contribution in [3.05, 3.63) is 54.1 Å². The van der Waals surface area contributed by atoms with Crippen LogP contribution in [0, 0.1) is 0 Å². The van der Waals surface area contributed by atoms with Crippen molar-refractivity contribution in [2.75, 3.05) is 46.2 Å². The van der Waals surface area contributed by atoms with E-state index in [4.69, 9.17) is 9.47 Å². The van der Waals surface area contributed by atoms with E-state index >= 15 is 0 Å². The predicted octanol–water partition coefficient (Wildman–Crippen LogP) is 2.12. The summed E-state index contributed by atoms with van der Waals surface area (Å²) in [5, 5.41) is 3.45. The number of rotatable bonds is 7. The highest BCUT2D eigenvalue weighted by Crippen LogP contribution is 2.30. The van der Waals surface area contributed by atoms with Gasteiger partial charge in [-0.3, -0.25) is 4.90 Å². The fraction of sp³-hybridized carbons (Fsp3) is 0.400. The molecule has 146 valence electrons. The monoisotopic (exact) mass is 390 g/mol. The number of piperazine rings is 1. The summed E-state index contributed by atoms with van der Waals surface area (Å²) in [6, 6.07) is 14.9. The Kier molecular flexibility index (Phi) is 6.36. The van der Waals surface area contributed by atoms with Crippen LogP contribution in [0.15, 0.2) is 53.4 Å². The summed E-state index contributed by atoms with van der Waals surface area (Å²) >= 11 is 0. The van der Waals surface area contributed by atoms with Gasteiger partial charge in [-0.15, -0.1) is 0 Å². The number of benzene rings is 2. The molecule has 7 heteroatoms. The van der Waals surface area contributed by atoms with E-state index in [1.165, 1.54) is 11.8 Å². The normalized spacial score (nSPS) is 18.2. The maximum Gasteiger partial charge on any atom is 0.175 e. The Balaban J connectivity index is 1.62. The van der Waals surface area contributed by atoms with Crippen LogP contribution in [0.5, 0.6) is 11.5 Å². The number of hydrogen-bond donors (Lipinski definition) is 1. The number of para-hydroxylation sites is 1. The molecule has 0 aliphatic carbocycles. The Morgan fingerprint density at radius 2 is 1.89 bits per heavy atom. The lowest BCUT2D eigenvalue weighted by Crippen LogP contribution is -2.47. The number of nitrogens with one attached hydrogen (secondary N) is 1. The molecule has 1 fully saturated rings. The van der Waals surface area contributed by atoms with Crippen molar-refractivity contribution < 1.29 is 17.9 Å². The molecule has 3 rings (SSSR count). The maximum absolute atomic E-state index is 11.5. The molecule has 1 unspecified atom stereocenters. The van der Waals surface area contributed by atoms with E-state index in [0.717, 1.165) is 31.9 Å². The summed E-state index contributed by atoms with van der Waals surface area (Å²) in [5.41, 5.74) is 1.17. The first-order valence-corrected chi connectivity index (χ1v) is 10.9. The zero-order chi connectivity index (χ0) is 19.3. The molecule has 1 aliphatic rings. The van der Waals surface area contributed by atoms with Gasteiger partial charge in [0.05, 0.1) is 18.0 Å². The van der Waals surface area contributed by atoms with Gasteiger partial charge in [0.25, 0.3) is 0 Å². The Morgan fingerprint density at radius 1 is 1.15 bits per heavy atom. The van der Waals surface area contributed by atoms with Crippen molar-refractivity contribution in [1.82, 2.24) is 10.2 Å². The van der Waals surface area contributed by atoms with Crippen LogP contribution in [0.4, 0.5) is 0 Å². The van der Waals surface area contributed by atoms with Crippen molar-refractivity contribution in [3.63, 3.8) is 0 Å². The third kappa shape index (κ3) is 5.00. The highest BCUT2D eigenvalue weighted by Gasteiger charge is 2.25. The quantitative estimate of drug-likeness (QED) is 0.781. The Hall–Kier alpha value is -2.09. The van der Waals surface area contributed by atoms with Gasteiger partial charge in [-0.2, -0.15) is 0 Å². The van der Waals surface area contributed by atoms with Crippen LogP contribution in [-0.4, -0.2) is 59.5 Å². The molecular formula is C20H26N2O4S. The smallest absolute Gasteiger partial charge is 0.175 e. The lowest BCUT2D eigenvalue weighted by atomic mass is 10.0. The molecule has 0 radical (unpaired) electrons. The van der Waals surface area contributed by atoms with Crippen molar-refractivity contribution >= 4 is 9.84 Å². The largest absolute Gasteiger partial charge is 0.496 e. The second-order valence-electron chi connectivity index (χ2n) is 6.59. The van der Waals surface area contributed by atoms with Gasteiger partial charge < -0.3 is 14.8 Å². The van der Waals surface area contributed by atoms with E-state index in [0.29, 0.717) is 17.3 Å². The molecule has 27 heavy (non-hydrogen) atoms. The standard InChI is InChI=1S/C20H26N2O4S/c1-25-20-6-4-3-5-18(20)19-15-21-11-12-22(19)13-14-26-16-7-9-17(10-8-16)27(2,23)24/h3-10,19,21H,11-15H2,1-2H3. The molecule has 2 aromatic rings. The first-order valence-electron chi connectivity index (χ1n) is 8.99. The molecule has 1 aliphatic heterocycles. The highest BCUT2D eigenvalue weighted by molar-refractivity contribution is 7.90. The number of methoxy groups -OCH3 is 1. The van der Waals surface area contributed by atoms with Crippen molar-refractivity contribution in [2.24, 2.45) is 0 Å². The minimum atomic E-state index is -3.18. The fourth-order valence-electron chi connectivity index (χ4n) is 3.33. The van der Waals surface area contributed by atoms with Crippen LogP contribution in [0.1, 0.15) is 11.6 Å². The van der Waals surface area contributed by atoms with Gasteiger partial charge in [0.2, 0.25) is 0 Å².